The lowest BCUT2D eigenvalue weighted by Gasteiger charge is -2.02. The van der Waals surface area contributed by atoms with Crippen molar-refractivity contribution in [2.24, 2.45) is 0 Å². The van der Waals surface area contributed by atoms with Crippen LogP contribution in [0.15, 0.2) is 47.2 Å². The molecule has 70 valence electrons. The van der Waals surface area contributed by atoms with Gasteiger partial charge in [-0.3, -0.25) is 4.98 Å². The summed E-state index contributed by atoms with van der Waals surface area (Å²) in [5.74, 6) is 0. The number of benzene rings is 1. The summed E-state index contributed by atoms with van der Waals surface area (Å²) in [6.07, 6.45) is 3.59. The highest BCUT2D eigenvalue weighted by atomic mass is 79.9. The molecule has 0 saturated carbocycles. The maximum Gasteiger partial charge on any atom is 0.0548 e. The van der Waals surface area contributed by atoms with E-state index in [2.05, 4.69) is 20.9 Å². The lowest BCUT2D eigenvalue weighted by atomic mass is 10.1. The minimum Gasteiger partial charge on any atom is -0.264 e. The molecule has 0 fully saturated rings. The average molecular weight is 269 g/mol. The average Bonchev–Trinajstić information content (AvgIpc) is 2.23. The van der Waals surface area contributed by atoms with Crippen molar-refractivity contribution in [2.75, 3.05) is 0 Å². The van der Waals surface area contributed by atoms with E-state index in [1.54, 1.807) is 6.20 Å². The Hall–Kier alpha value is -0.860. The molecule has 0 aliphatic heterocycles. The van der Waals surface area contributed by atoms with E-state index in [4.69, 9.17) is 11.6 Å². The monoisotopic (exact) mass is 267 g/mol. The molecule has 1 aromatic heterocycles. The summed E-state index contributed by atoms with van der Waals surface area (Å²) in [5, 5.41) is 0.720. The van der Waals surface area contributed by atoms with E-state index in [0.29, 0.717) is 0 Å². The first kappa shape index (κ1) is 9.69. The van der Waals surface area contributed by atoms with Crippen LogP contribution in [0.5, 0.6) is 0 Å². The summed E-state index contributed by atoms with van der Waals surface area (Å²) in [7, 11) is 0. The first-order chi connectivity index (χ1) is 6.77. The topological polar surface area (TPSA) is 12.9 Å². The Bertz CT molecular complexity index is 442. The molecule has 14 heavy (non-hydrogen) atoms. The predicted molar refractivity (Wildman–Crippen MR) is 62.4 cm³/mol. The van der Waals surface area contributed by atoms with Crippen LogP contribution >= 0.6 is 27.5 Å². The van der Waals surface area contributed by atoms with E-state index in [1.807, 2.05) is 36.5 Å². The van der Waals surface area contributed by atoms with Gasteiger partial charge in [-0.2, -0.15) is 0 Å². The van der Waals surface area contributed by atoms with Gasteiger partial charge in [-0.1, -0.05) is 23.7 Å². The first-order valence-electron chi connectivity index (χ1n) is 4.13. The molecule has 1 nitrogen and oxygen atoms in total. The molecule has 2 aromatic rings. The number of hydrogen-bond acceptors (Lipinski definition) is 1. The molecule has 1 heterocycles. The van der Waals surface area contributed by atoms with Crippen molar-refractivity contribution in [3.05, 3.63) is 52.2 Å². The van der Waals surface area contributed by atoms with E-state index < -0.39 is 0 Å². The number of aromatic nitrogens is 1. The molecule has 0 spiro atoms. The number of pyridine rings is 1. The molecule has 2 rings (SSSR count). The van der Waals surface area contributed by atoms with Crippen LogP contribution in [-0.4, -0.2) is 4.98 Å². The van der Waals surface area contributed by atoms with Gasteiger partial charge in [-0.25, -0.2) is 0 Å². The number of nitrogens with zero attached hydrogens (tertiary/aromatic N) is 1. The highest BCUT2D eigenvalue weighted by molar-refractivity contribution is 9.10. The SMILES string of the molecule is Clc1ccc(-c2cccnc2)cc1Br. The highest BCUT2D eigenvalue weighted by Gasteiger charge is 2.00. The van der Waals surface area contributed by atoms with Crippen molar-refractivity contribution >= 4 is 27.5 Å². The molecule has 0 unspecified atom stereocenters. The number of rotatable bonds is 1. The summed E-state index contributed by atoms with van der Waals surface area (Å²) in [6.45, 7) is 0. The van der Waals surface area contributed by atoms with Crippen LogP contribution in [0.4, 0.5) is 0 Å². The van der Waals surface area contributed by atoms with Gasteiger partial charge in [0, 0.05) is 22.4 Å². The third-order valence-corrected chi connectivity index (χ3v) is 3.13. The fraction of sp³-hybridized carbons (Fsp3) is 0. The third kappa shape index (κ3) is 1.97. The molecular formula is C11H7BrClN. The van der Waals surface area contributed by atoms with Crippen LogP contribution in [0, 0.1) is 0 Å². The minimum absolute atomic E-state index is 0.720. The van der Waals surface area contributed by atoms with E-state index in [1.165, 1.54) is 0 Å². The maximum absolute atomic E-state index is 5.91. The van der Waals surface area contributed by atoms with Gasteiger partial charge in [0.1, 0.15) is 0 Å². The molecular weight excluding hydrogens is 261 g/mol. The molecule has 0 aliphatic rings. The molecule has 1 aromatic carbocycles. The molecule has 0 amide bonds. The van der Waals surface area contributed by atoms with Crippen LogP contribution in [-0.2, 0) is 0 Å². The van der Waals surface area contributed by atoms with Gasteiger partial charge in [0.2, 0.25) is 0 Å². The van der Waals surface area contributed by atoms with Gasteiger partial charge in [0.15, 0.2) is 0 Å². The van der Waals surface area contributed by atoms with Crippen molar-refractivity contribution in [1.29, 1.82) is 0 Å². The van der Waals surface area contributed by atoms with Crippen LogP contribution in [0.2, 0.25) is 5.02 Å². The summed E-state index contributed by atoms with van der Waals surface area (Å²) in [5.41, 5.74) is 2.19. The molecule has 0 saturated heterocycles. The fourth-order valence-corrected chi connectivity index (χ4v) is 1.71. The second kappa shape index (κ2) is 4.11. The van der Waals surface area contributed by atoms with Gasteiger partial charge >= 0.3 is 0 Å². The van der Waals surface area contributed by atoms with Crippen LogP contribution in [0.25, 0.3) is 11.1 Å². The van der Waals surface area contributed by atoms with Gasteiger partial charge in [-0.15, -0.1) is 0 Å². The zero-order valence-corrected chi connectivity index (χ0v) is 9.59. The highest BCUT2D eigenvalue weighted by Crippen LogP contribution is 2.28. The van der Waals surface area contributed by atoms with E-state index in [9.17, 15) is 0 Å². The summed E-state index contributed by atoms with van der Waals surface area (Å²) in [6, 6.07) is 9.76. The largest absolute Gasteiger partial charge is 0.264 e. The smallest absolute Gasteiger partial charge is 0.0548 e. The Morgan fingerprint density at radius 1 is 1.14 bits per heavy atom. The Balaban J connectivity index is 2.48. The van der Waals surface area contributed by atoms with E-state index in [-0.39, 0.29) is 0 Å². The molecule has 0 aliphatic carbocycles. The van der Waals surface area contributed by atoms with Crippen molar-refractivity contribution in [2.45, 2.75) is 0 Å². The summed E-state index contributed by atoms with van der Waals surface area (Å²) < 4.78 is 0.903. The van der Waals surface area contributed by atoms with Gasteiger partial charge in [0.25, 0.3) is 0 Å². The standard InChI is InChI=1S/C11H7BrClN/c12-10-6-8(3-4-11(10)13)9-2-1-5-14-7-9/h1-7H. The maximum atomic E-state index is 5.91. The lowest BCUT2D eigenvalue weighted by Crippen LogP contribution is -1.79. The molecule has 0 bridgehead atoms. The Kier molecular flexibility index (Phi) is 2.85. The van der Waals surface area contributed by atoms with E-state index in [0.717, 1.165) is 20.6 Å². The van der Waals surface area contributed by atoms with Gasteiger partial charge in [-0.05, 0) is 39.7 Å². The van der Waals surface area contributed by atoms with Crippen LogP contribution in [0.3, 0.4) is 0 Å². The fourth-order valence-electron chi connectivity index (χ4n) is 1.21. The Labute approximate surface area is 95.9 Å². The second-order valence-electron chi connectivity index (χ2n) is 2.87. The predicted octanol–water partition coefficient (Wildman–Crippen LogP) is 4.16. The zero-order chi connectivity index (χ0) is 9.97. The van der Waals surface area contributed by atoms with Crippen LogP contribution < -0.4 is 0 Å². The molecule has 0 radical (unpaired) electrons. The second-order valence-corrected chi connectivity index (χ2v) is 4.13. The molecule has 3 heteroatoms. The van der Waals surface area contributed by atoms with Crippen molar-refractivity contribution in [1.82, 2.24) is 4.98 Å². The molecule has 0 atom stereocenters. The van der Waals surface area contributed by atoms with Crippen molar-refractivity contribution in [3.8, 4) is 11.1 Å². The first-order valence-corrected chi connectivity index (χ1v) is 5.30. The minimum atomic E-state index is 0.720. The Morgan fingerprint density at radius 2 is 2.00 bits per heavy atom. The van der Waals surface area contributed by atoms with Gasteiger partial charge in [0.05, 0.1) is 5.02 Å². The lowest BCUT2D eigenvalue weighted by molar-refractivity contribution is 1.33. The van der Waals surface area contributed by atoms with Crippen molar-refractivity contribution in [3.63, 3.8) is 0 Å². The Morgan fingerprint density at radius 3 is 2.64 bits per heavy atom. The number of halogens is 2. The quantitative estimate of drug-likeness (QED) is 0.756. The summed E-state index contributed by atoms with van der Waals surface area (Å²) in [4.78, 5) is 4.06. The summed E-state index contributed by atoms with van der Waals surface area (Å²) >= 11 is 9.30. The molecule has 0 N–H and O–H groups in total. The van der Waals surface area contributed by atoms with Gasteiger partial charge < -0.3 is 0 Å². The number of hydrogen-bond donors (Lipinski definition) is 0. The van der Waals surface area contributed by atoms with Crippen LogP contribution in [0.1, 0.15) is 0 Å². The zero-order valence-electron chi connectivity index (χ0n) is 7.24. The normalized spacial score (nSPS) is 10.1. The third-order valence-electron chi connectivity index (χ3n) is 1.91. The van der Waals surface area contributed by atoms with Crippen molar-refractivity contribution < 1.29 is 0 Å². The van der Waals surface area contributed by atoms with E-state index >= 15 is 0 Å².